The molecule has 7 nitrogen and oxygen atoms in total. The lowest BCUT2D eigenvalue weighted by Crippen LogP contribution is -2.33. The first-order valence-electron chi connectivity index (χ1n) is 10.2. The minimum absolute atomic E-state index is 0.178. The molecule has 2 heterocycles. The molecule has 3 N–H and O–H groups in total. The molecule has 1 aromatic carbocycles. The number of rotatable bonds is 6. The van der Waals surface area contributed by atoms with Crippen LogP contribution in [0.1, 0.15) is 44.9 Å². The molecule has 32 heavy (non-hydrogen) atoms. The number of aliphatic hydroxyl groups is 2. The van der Waals surface area contributed by atoms with E-state index in [2.05, 4.69) is 10.3 Å². The summed E-state index contributed by atoms with van der Waals surface area (Å²) in [7, 11) is 1.24. The van der Waals surface area contributed by atoms with Gasteiger partial charge in [-0.25, -0.2) is 4.39 Å². The van der Waals surface area contributed by atoms with Crippen LogP contribution in [0.2, 0.25) is 0 Å². The molecule has 0 saturated carbocycles. The van der Waals surface area contributed by atoms with Crippen LogP contribution in [-0.4, -0.2) is 46.5 Å². The van der Waals surface area contributed by atoms with Gasteiger partial charge >= 0.3 is 0 Å². The van der Waals surface area contributed by atoms with E-state index in [-0.39, 0.29) is 17.4 Å². The lowest BCUT2D eigenvalue weighted by molar-refractivity contribution is -0.131. The molecule has 0 radical (unpaired) electrons. The number of nitrogens with zero attached hydrogens (tertiary/aromatic N) is 1. The van der Waals surface area contributed by atoms with Crippen molar-refractivity contribution in [2.24, 2.45) is 5.92 Å². The number of anilines is 1. The Morgan fingerprint density at radius 3 is 2.66 bits per heavy atom. The number of hydrogen-bond acceptors (Lipinski definition) is 6. The highest BCUT2D eigenvalue weighted by molar-refractivity contribution is 5.95. The second-order valence-corrected chi connectivity index (χ2v) is 8.79. The Morgan fingerprint density at radius 1 is 1.34 bits per heavy atom. The van der Waals surface area contributed by atoms with Crippen LogP contribution in [0, 0.1) is 17.6 Å². The number of amides is 1. The minimum atomic E-state index is -1.58. The smallest absolute Gasteiger partial charge is 0.254 e. The van der Waals surface area contributed by atoms with Crippen molar-refractivity contribution in [1.29, 1.82) is 0 Å². The summed E-state index contributed by atoms with van der Waals surface area (Å²) in [5.41, 5.74) is -1.46. The first-order valence-corrected chi connectivity index (χ1v) is 10.2. The number of methoxy groups -OCH3 is 1. The summed E-state index contributed by atoms with van der Waals surface area (Å²) >= 11 is 0. The maximum absolute atomic E-state index is 14.4. The van der Waals surface area contributed by atoms with Crippen LogP contribution < -0.4 is 10.1 Å². The number of ether oxygens (including phenoxy) is 2. The zero-order chi connectivity index (χ0) is 23.8. The maximum atomic E-state index is 14.4. The van der Waals surface area contributed by atoms with E-state index in [1.54, 1.807) is 0 Å². The van der Waals surface area contributed by atoms with E-state index >= 15 is 0 Å². The summed E-state index contributed by atoms with van der Waals surface area (Å²) < 4.78 is 39.4. The lowest BCUT2D eigenvalue weighted by atomic mass is 9.78. The Hall–Kier alpha value is -2.62. The fourth-order valence-corrected chi connectivity index (χ4v) is 3.97. The molecular formula is C23H28F2N2O5. The number of nitrogens with one attached hydrogen (secondary N) is 1. The van der Waals surface area contributed by atoms with E-state index < -0.39 is 47.4 Å². The van der Waals surface area contributed by atoms with Gasteiger partial charge in [0.2, 0.25) is 5.82 Å². The Bertz CT molecular complexity index is 1010. The Morgan fingerprint density at radius 2 is 2.03 bits per heavy atom. The van der Waals surface area contributed by atoms with Crippen molar-refractivity contribution >= 4 is 11.6 Å². The number of carbonyl (C=O) groups excluding carboxylic acids is 1. The maximum Gasteiger partial charge on any atom is 0.254 e. The average molecular weight is 450 g/mol. The van der Waals surface area contributed by atoms with Crippen LogP contribution in [0.4, 0.5) is 14.5 Å². The van der Waals surface area contributed by atoms with Crippen LogP contribution >= 0.6 is 0 Å². The van der Waals surface area contributed by atoms with Crippen LogP contribution in [-0.2, 0) is 15.1 Å². The zero-order valence-corrected chi connectivity index (χ0v) is 18.6. The van der Waals surface area contributed by atoms with Crippen molar-refractivity contribution in [2.75, 3.05) is 19.0 Å². The predicted octanol–water partition coefficient (Wildman–Crippen LogP) is 3.10. The lowest BCUT2D eigenvalue weighted by Gasteiger charge is -2.26. The summed E-state index contributed by atoms with van der Waals surface area (Å²) in [6, 6.07) is 5.40. The van der Waals surface area contributed by atoms with E-state index in [1.807, 2.05) is 20.8 Å². The summed E-state index contributed by atoms with van der Waals surface area (Å²) in [5, 5.41) is 22.3. The van der Waals surface area contributed by atoms with Gasteiger partial charge in [-0.2, -0.15) is 4.39 Å². The fourth-order valence-electron chi connectivity index (χ4n) is 3.97. The van der Waals surface area contributed by atoms with Crippen molar-refractivity contribution in [1.82, 2.24) is 4.98 Å². The molecule has 9 heteroatoms. The van der Waals surface area contributed by atoms with Gasteiger partial charge in [0.25, 0.3) is 5.91 Å². The largest absolute Gasteiger partial charge is 0.493 e. The molecule has 0 bridgehead atoms. The highest BCUT2D eigenvalue weighted by atomic mass is 19.2. The topological polar surface area (TPSA) is 101 Å². The molecule has 2 aromatic rings. The van der Waals surface area contributed by atoms with Crippen LogP contribution in [0.15, 0.2) is 30.5 Å². The quantitative estimate of drug-likeness (QED) is 0.625. The van der Waals surface area contributed by atoms with E-state index in [4.69, 9.17) is 9.47 Å². The number of pyridine rings is 1. The van der Waals surface area contributed by atoms with Gasteiger partial charge in [0.1, 0.15) is 11.7 Å². The number of halogens is 2. The molecule has 1 amide bonds. The Labute approximate surface area is 185 Å². The van der Waals surface area contributed by atoms with Gasteiger partial charge in [-0.3, -0.25) is 9.78 Å². The van der Waals surface area contributed by atoms with Gasteiger partial charge in [-0.05, 0) is 44.9 Å². The Kier molecular flexibility index (Phi) is 6.55. The summed E-state index contributed by atoms with van der Waals surface area (Å²) in [6.07, 6.45) is 0.376. The number of hydrogen-bond donors (Lipinski definition) is 3. The molecule has 1 aliphatic rings. The van der Waals surface area contributed by atoms with Crippen molar-refractivity contribution in [3.63, 3.8) is 0 Å². The molecular weight excluding hydrogens is 422 g/mol. The third-order valence-corrected chi connectivity index (χ3v) is 6.18. The van der Waals surface area contributed by atoms with Crippen molar-refractivity contribution in [3.8, 4) is 5.75 Å². The summed E-state index contributed by atoms with van der Waals surface area (Å²) in [6.45, 7) is 6.38. The van der Waals surface area contributed by atoms with Crippen LogP contribution in [0.5, 0.6) is 5.75 Å². The molecule has 0 spiro atoms. The fraction of sp³-hybridized carbons (Fsp3) is 0.478. The molecule has 174 valence electrons. The van der Waals surface area contributed by atoms with Gasteiger partial charge in [0.05, 0.1) is 25.0 Å². The first kappa shape index (κ1) is 24.0. The minimum Gasteiger partial charge on any atom is -0.493 e. The normalized spacial score (nSPS) is 24.1. The SMILES string of the molecule is COc1c([C@@H]2[C@@H](C(=O)Nc3ccnc([C@](C)(O)CO)c3)OC(C)(C)[C@@H]2C)ccc(F)c1F. The molecule has 4 atom stereocenters. The number of aromatic nitrogens is 1. The first-order chi connectivity index (χ1) is 14.9. The van der Waals surface area contributed by atoms with Crippen LogP contribution in [0.3, 0.4) is 0 Å². The van der Waals surface area contributed by atoms with Crippen LogP contribution in [0.25, 0.3) is 0 Å². The van der Waals surface area contributed by atoms with E-state index in [0.717, 1.165) is 6.07 Å². The van der Waals surface area contributed by atoms with Crippen molar-refractivity contribution < 1.29 is 33.3 Å². The zero-order valence-electron chi connectivity index (χ0n) is 18.6. The number of benzene rings is 1. The van der Waals surface area contributed by atoms with Gasteiger partial charge in [0.15, 0.2) is 11.6 Å². The molecule has 3 rings (SSSR count). The third-order valence-electron chi connectivity index (χ3n) is 6.18. The van der Waals surface area contributed by atoms with Crippen molar-refractivity contribution in [3.05, 3.63) is 53.4 Å². The molecule has 1 fully saturated rings. The molecule has 1 aliphatic heterocycles. The molecule has 1 saturated heterocycles. The Balaban J connectivity index is 1.97. The average Bonchev–Trinajstić information content (AvgIpc) is 2.99. The molecule has 0 aliphatic carbocycles. The van der Waals surface area contributed by atoms with E-state index in [1.165, 1.54) is 38.4 Å². The monoisotopic (exact) mass is 450 g/mol. The number of carbonyl (C=O) groups is 1. The second kappa shape index (κ2) is 8.73. The van der Waals surface area contributed by atoms with Gasteiger partial charge in [-0.1, -0.05) is 13.0 Å². The van der Waals surface area contributed by atoms with E-state index in [9.17, 15) is 23.8 Å². The highest BCUT2D eigenvalue weighted by Crippen LogP contribution is 2.49. The van der Waals surface area contributed by atoms with Gasteiger partial charge < -0.3 is 25.0 Å². The van der Waals surface area contributed by atoms with E-state index in [0.29, 0.717) is 11.3 Å². The summed E-state index contributed by atoms with van der Waals surface area (Å²) in [4.78, 5) is 17.3. The predicted molar refractivity (Wildman–Crippen MR) is 113 cm³/mol. The molecule has 0 unspecified atom stereocenters. The standard InChI is InChI=1S/C23H28F2N2O5/c1-12-17(14-6-7-15(24)18(25)19(14)31-5)20(32-22(12,2)3)21(29)27-13-8-9-26-16(10-13)23(4,30)11-28/h6-10,12,17,20,28,30H,11H2,1-5H3,(H,26,27,29)/t12-,17-,20+,23-/m1/s1. The van der Waals surface area contributed by atoms with Gasteiger partial charge in [0, 0.05) is 23.4 Å². The van der Waals surface area contributed by atoms with Gasteiger partial charge in [-0.15, -0.1) is 0 Å². The van der Waals surface area contributed by atoms with Crippen molar-refractivity contribution in [2.45, 2.75) is 50.9 Å². The second-order valence-electron chi connectivity index (χ2n) is 8.79. The highest BCUT2D eigenvalue weighted by Gasteiger charge is 2.51. The summed E-state index contributed by atoms with van der Waals surface area (Å²) in [5.74, 6) is -3.77. The third kappa shape index (κ3) is 4.32. The number of aliphatic hydroxyl groups excluding tert-OH is 1. The molecule has 1 aromatic heterocycles.